The van der Waals surface area contributed by atoms with Gasteiger partial charge in [-0.1, -0.05) is 12.1 Å². The van der Waals surface area contributed by atoms with Crippen LogP contribution in [0.4, 0.5) is 35.1 Å². The Balaban J connectivity index is 0.000000663. The third-order valence-corrected chi connectivity index (χ3v) is 5.91. The van der Waals surface area contributed by atoms with Gasteiger partial charge in [0.15, 0.2) is 5.82 Å². The molecule has 1 amide bonds. The minimum absolute atomic E-state index is 0.0206. The second kappa shape index (κ2) is 12.5. The van der Waals surface area contributed by atoms with Crippen LogP contribution >= 0.6 is 0 Å². The summed E-state index contributed by atoms with van der Waals surface area (Å²) in [5.74, 6) is -0.325. The van der Waals surface area contributed by atoms with Crippen molar-refractivity contribution in [2.24, 2.45) is 5.73 Å². The Morgan fingerprint density at radius 1 is 0.975 bits per heavy atom. The molecule has 0 aliphatic carbocycles. The van der Waals surface area contributed by atoms with Crippen molar-refractivity contribution in [3.05, 3.63) is 71.1 Å². The highest BCUT2D eigenvalue weighted by atomic mass is 19.4. The van der Waals surface area contributed by atoms with Gasteiger partial charge in [-0.25, -0.2) is 8.78 Å². The van der Waals surface area contributed by atoms with Crippen LogP contribution in [0.3, 0.4) is 0 Å². The van der Waals surface area contributed by atoms with E-state index in [9.17, 15) is 39.9 Å². The predicted octanol–water partition coefficient (Wildman–Crippen LogP) is 4.33. The summed E-state index contributed by atoms with van der Waals surface area (Å²) >= 11 is 0. The van der Waals surface area contributed by atoms with E-state index in [0.717, 1.165) is 30.3 Å². The zero-order valence-electron chi connectivity index (χ0n) is 20.6. The summed E-state index contributed by atoms with van der Waals surface area (Å²) in [6.45, 7) is 1.06. The molecule has 0 fully saturated rings. The van der Waals surface area contributed by atoms with Crippen LogP contribution in [-0.4, -0.2) is 57.2 Å². The molecule has 2 aromatic carbocycles. The van der Waals surface area contributed by atoms with Gasteiger partial charge in [0.25, 0.3) is 0 Å². The summed E-state index contributed by atoms with van der Waals surface area (Å²) in [5, 5.41) is 8.27. The Morgan fingerprint density at radius 2 is 1.62 bits per heavy atom. The van der Waals surface area contributed by atoms with Crippen LogP contribution in [0.1, 0.15) is 23.4 Å². The highest BCUT2D eigenvalue weighted by Gasteiger charge is 2.30. The summed E-state index contributed by atoms with van der Waals surface area (Å²) in [4.78, 5) is 23.1. The van der Waals surface area contributed by atoms with Gasteiger partial charge in [0, 0.05) is 44.1 Å². The molecule has 0 saturated heterocycles. The number of halogens is 8. The molecule has 4 rings (SSSR count). The predicted molar refractivity (Wildman–Crippen MR) is 126 cm³/mol. The second-order valence-electron chi connectivity index (χ2n) is 8.86. The van der Waals surface area contributed by atoms with Gasteiger partial charge in [0.05, 0.1) is 5.56 Å². The Hall–Kier alpha value is -3.88. The van der Waals surface area contributed by atoms with Crippen LogP contribution in [0.5, 0.6) is 0 Å². The summed E-state index contributed by atoms with van der Waals surface area (Å²) in [5.41, 5.74) is 5.89. The number of rotatable bonds is 5. The van der Waals surface area contributed by atoms with Gasteiger partial charge in [0.2, 0.25) is 12.2 Å². The molecule has 0 spiro atoms. The number of aldehydes is 1. The number of fused-ring (bicyclic) bond motifs is 1. The maximum absolute atomic E-state index is 13.9. The number of alkyl halides is 6. The van der Waals surface area contributed by atoms with Gasteiger partial charge in [-0.15, -0.1) is 10.2 Å². The van der Waals surface area contributed by atoms with E-state index in [1.54, 1.807) is 9.47 Å². The summed E-state index contributed by atoms with van der Waals surface area (Å²) in [7, 11) is 0. The van der Waals surface area contributed by atoms with Crippen LogP contribution in [0.2, 0.25) is 0 Å². The molecule has 7 nitrogen and oxygen atoms in total. The molecule has 15 heteroatoms. The van der Waals surface area contributed by atoms with Crippen LogP contribution < -0.4 is 5.73 Å². The third kappa shape index (κ3) is 8.31. The maximum Gasteiger partial charge on any atom is 0.446 e. The van der Waals surface area contributed by atoms with E-state index in [4.69, 9.17) is 10.5 Å². The Morgan fingerprint density at radius 3 is 2.23 bits per heavy atom. The highest BCUT2D eigenvalue weighted by molar-refractivity contribution is 5.77. The lowest BCUT2D eigenvalue weighted by atomic mass is 10.0. The molecular formula is C25H23F8N5O2. The third-order valence-electron chi connectivity index (χ3n) is 5.91. The summed E-state index contributed by atoms with van der Waals surface area (Å²) in [6.07, 6.45) is -9.74. The topological polar surface area (TPSA) is 94.1 Å². The molecule has 1 aliphatic rings. The molecule has 2 heterocycles. The van der Waals surface area contributed by atoms with Crippen molar-refractivity contribution < 1.29 is 44.7 Å². The minimum atomic E-state index is -4.64. The van der Waals surface area contributed by atoms with Crippen LogP contribution in [-0.2, 0) is 35.2 Å². The molecule has 0 unspecified atom stereocenters. The van der Waals surface area contributed by atoms with Gasteiger partial charge in [-0.2, -0.15) is 26.3 Å². The first-order valence-corrected chi connectivity index (χ1v) is 11.8. The maximum atomic E-state index is 13.9. The monoisotopic (exact) mass is 577 g/mol. The van der Waals surface area contributed by atoms with E-state index >= 15 is 0 Å². The normalized spacial score (nSPS) is 14.5. The lowest BCUT2D eigenvalue weighted by Crippen LogP contribution is -2.38. The number of carbonyl (C=O) groups excluding carboxylic acids is 2. The van der Waals surface area contributed by atoms with E-state index in [1.165, 1.54) is 12.1 Å². The molecular weight excluding hydrogens is 554 g/mol. The summed E-state index contributed by atoms with van der Waals surface area (Å²) in [6, 6.07) is 7.10. The highest BCUT2D eigenvalue weighted by Crippen LogP contribution is 2.31. The van der Waals surface area contributed by atoms with Crippen molar-refractivity contribution >= 4 is 12.2 Å². The SMILES string of the molecule is N[C@@H](CC(=O)N1CCc2nnc(-c3ccc(C(F)(F)F)cc3)n2CC1)Cc1cc(F)ccc1F.O=CC(F)(F)F. The van der Waals surface area contributed by atoms with Crippen molar-refractivity contribution in [3.63, 3.8) is 0 Å². The number of nitrogens with zero attached hydrogens (tertiary/aromatic N) is 4. The molecule has 1 aromatic heterocycles. The van der Waals surface area contributed by atoms with Gasteiger partial charge < -0.3 is 15.2 Å². The zero-order chi connectivity index (χ0) is 29.7. The number of nitrogens with two attached hydrogens (primary N) is 1. The fourth-order valence-corrected chi connectivity index (χ4v) is 4.00. The average Bonchev–Trinajstić information content (AvgIpc) is 3.16. The number of amides is 1. The van der Waals surface area contributed by atoms with Crippen molar-refractivity contribution in [2.45, 2.75) is 44.2 Å². The van der Waals surface area contributed by atoms with Gasteiger partial charge >= 0.3 is 12.4 Å². The quantitative estimate of drug-likeness (QED) is 0.360. The first-order chi connectivity index (χ1) is 18.7. The lowest BCUT2D eigenvalue weighted by molar-refractivity contribution is -0.156. The Bertz CT molecular complexity index is 1320. The Kier molecular flexibility index (Phi) is 9.60. The fourth-order valence-electron chi connectivity index (χ4n) is 4.00. The Labute approximate surface area is 222 Å². The van der Waals surface area contributed by atoms with Crippen LogP contribution in [0.15, 0.2) is 42.5 Å². The van der Waals surface area contributed by atoms with E-state index in [1.807, 2.05) is 0 Å². The molecule has 40 heavy (non-hydrogen) atoms. The van der Waals surface area contributed by atoms with Gasteiger partial charge in [-0.3, -0.25) is 9.59 Å². The van der Waals surface area contributed by atoms with Crippen molar-refractivity contribution in [1.29, 1.82) is 0 Å². The summed E-state index contributed by atoms with van der Waals surface area (Å²) < 4.78 is 98.8. The second-order valence-corrected chi connectivity index (χ2v) is 8.86. The molecule has 1 aliphatic heterocycles. The van der Waals surface area contributed by atoms with Crippen molar-refractivity contribution in [2.75, 3.05) is 13.1 Å². The number of aromatic nitrogens is 3. The largest absolute Gasteiger partial charge is 0.446 e. The molecule has 0 bridgehead atoms. The minimum Gasteiger partial charge on any atom is -0.340 e. The van der Waals surface area contributed by atoms with E-state index in [0.29, 0.717) is 43.3 Å². The molecule has 0 saturated carbocycles. The molecule has 0 radical (unpaired) electrons. The lowest BCUT2D eigenvalue weighted by Gasteiger charge is -2.22. The van der Waals surface area contributed by atoms with E-state index in [-0.39, 0.29) is 24.3 Å². The fraction of sp³-hybridized carbons (Fsp3) is 0.360. The first kappa shape index (κ1) is 30.7. The zero-order valence-corrected chi connectivity index (χ0v) is 20.6. The van der Waals surface area contributed by atoms with E-state index < -0.39 is 41.9 Å². The molecule has 216 valence electrons. The molecule has 3 aromatic rings. The smallest absolute Gasteiger partial charge is 0.340 e. The average molecular weight is 577 g/mol. The van der Waals surface area contributed by atoms with Gasteiger partial charge in [0.1, 0.15) is 17.5 Å². The van der Waals surface area contributed by atoms with Crippen LogP contribution in [0, 0.1) is 11.6 Å². The van der Waals surface area contributed by atoms with Crippen molar-refractivity contribution in [1.82, 2.24) is 19.7 Å². The number of benzene rings is 2. The number of hydrogen-bond acceptors (Lipinski definition) is 5. The first-order valence-electron chi connectivity index (χ1n) is 11.8. The number of carbonyl (C=O) groups is 2. The number of hydrogen-bond donors (Lipinski definition) is 1. The van der Waals surface area contributed by atoms with Crippen LogP contribution in [0.25, 0.3) is 11.4 Å². The van der Waals surface area contributed by atoms with Gasteiger partial charge in [-0.05, 0) is 42.3 Å². The van der Waals surface area contributed by atoms with E-state index in [2.05, 4.69) is 10.2 Å². The molecule has 2 N–H and O–H groups in total. The molecule has 1 atom stereocenters. The standard InChI is InChI=1S/C23H22F5N5O.C2HF3O/c24-17-5-6-19(25)15(11-17)12-18(29)13-21(34)32-8-7-20-30-31-22(33(20)10-9-32)14-1-3-16(4-2-14)23(26,27)28;3-2(4,5)1-6/h1-6,11,18H,7-10,12-13,29H2;1H/t18-;/m1./s1. The van der Waals surface area contributed by atoms with Crippen molar-refractivity contribution in [3.8, 4) is 11.4 Å².